The zero-order valence-electron chi connectivity index (χ0n) is 25.5. The molecule has 1 fully saturated rings. The van der Waals surface area contributed by atoms with E-state index in [1.165, 1.54) is 44.9 Å². The van der Waals surface area contributed by atoms with Gasteiger partial charge in [0.25, 0.3) is 5.91 Å². The Labute approximate surface area is 266 Å². The van der Waals surface area contributed by atoms with Crippen molar-refractivity contribution < 1.29 is 23.9 Å². The van der Waals surface area contributed by atoms with Gasteiger partial charge in [-0.15, -0.1) is 0 Å². The maximum absolute atomic E-state index is 13.2. The zero-order chi connectivity index (χ0) is 30.6. The van der Waals surface area contributed by atoms with Crippen molar-refractivity contribution in [1.82, 2.24) is 15.5 Å². The van der Waals surface area contributed by atoms with Gasteiger partial charge in [0.1, 0.15) is 11.8 Å². The molecule has 1 aromatic rings. The van der Waals surface area contributed by atoms with Crippen LogP contribution in [0.5, 0.6) is 5.75 Å². The molecule has 0 saturated carbocycles. The fourth-order valence-electron chi connectivity index (χ4n) is 4.91. The molecule has 0 radical (unpaired) electrons. The minimum Gasteiger partial charge on any atom is -0.493 e. The molecule has 8 nitrogen and oxygen atoms in total. The first-order valence-corrected chi connectivity index (χ1v) is 17.0. The maximum Gasteiger partial charge on any atom is 0.308 e. The molecule has 42 heavy (non-hydrogen) atoms. The Morgan fingerprint density at radius 2 is 1.55 bits per heavy atom. The average molecular weight is 669 g/mol. The Bertz CT molecular complexity index is 993. The lowest BCUT2D eigenvalue weighted by Gasteiger charge is -2.36. The van der Waals surface area contributed by atoms with E-state index in [0.29, 0.717) is 37.6 Å². The van der Waals surface area contributed by atoms with Crippen LogP contribution in [0, 0.1) is 0 Å². The highest BCUT2D eigenvalue weighted by atomic mass is 79.9. The molecule has 1 aliphatic rings. The predicted molar refractivity (Wildman–Crippen MR) is 175 cm³/mol. The second-order valence-electron chi connectivity index (χ2n) is 10.9. The van der Waals surface area contributed by atoms with Crippen LogP contribution in [0.1, 0.15) is 121 Å². The van der Waals surface area contributed by atoms with Gasteiger partial charge in [-0.2, -0.15) is 0 Å². The molecule has 0 bridgehead atoms. The van der Waals surface area contributed by atoms with Gasteiger partial charge in [0, 0.05) is 17.6 Å². The smallest absolute Gasteiger partial charge is 0.308 e. The molecule has 1 unspecified atom stereocenters. The van der Waals surface area contributed by atoms with E-state index in [-0.39, 0.29) is 17.4 Å². The number of amides is 2. The molecule has 1 aliphatic heterocycles. The Kier molecular flexibility index (Phi) is 18.4. The van der Waals surface area contributed by atoms with Gasteiger partial charge in [0.2, 0.25) is 5.91 Å². The summed E-state index contributed by atoms with van der Waals surface area (Å²) < 4.78 is 12.1. The first-order chi connectivity index (χ1) is 20.4. The highest BCUT2D eigenvalue weighted by molar-refractivity contribution is 9.10. The number of piperazine rings is 1. The van der Waals surface area contributed by atoms with Crippen molar-refractivity contribution in [2.75, 3.05) is 26.3 Å². The molecule has 2 rings (SSSR count). The summed E-state index contributed by atoms with van der Waals surface area (Å²) in [6.45, 7) is 5.98. The van der Waals surface area contributed by atoms with Gasteiger partial charge in [-0.05, 0) is 43.3 Å². The second kappa shape index (κ2) is 21.5. The number of esters is 1. The summed E-state index contributed by atoms with van der Waals surface area (Å²) in [6, 6.07) is 4.42. The topological polar surface area (TPSA) is 97.0 Å². The quantitative estimate of drug-likeness (QED) is 0.0871. The SMILES string of the molecule is CCCCCCCCCCCCOC(=O)CC1C(=O)NCCN1C(=S)NC(=O)c1cc(Br)ccc1OCCCCCC. The van der Waals surface area contributed by atoms with E-state index in [2.05, 4.69) is 40.4 Å². The van der Waals surface area contributed by atoms with Crippen molar-refractivity contribution in [3.63, 3.8) is 0 Å². The maximum atomic E-state index is 13.2. The standard InChI is InChI=1S/C32H50BrN3O5S/c1-3-5-7-9-10-11-12-13-14-16-22-41-29(37)24-27-31(39)34-19-20-36(27)32(42)35-30(38)26-23-25(33)17-18-28(26)40-21-15-8-6-4-2/h17-18,23,27H,3-16,19-22,24H2,1-2H3,(H,34,39)(H,35,38,42). The lowest BCUT2D eigenvalue weighted by atomic mass is 10.1. The van der Waals surface area contributed by atoms with Crippen molar-refractivity contribution in [2.24, 2.45) is 0 Å². The zero-order valence-corrected chi connectivity index (χ0v) is 27.9. The minimum atomic E-state index is -0.844. The molecule has 0 aliphatic carbocycles. The summed E-state index contributed by atoms with van der Waals surface area (Å²) in [5, 5.41) is 5.62. The van der Waals surface area contributed by atoms with E-state index < -0.39 is 17.9 Å². The van der Waals surface area contributed by atoms with Crippen LogP contribution in [0.3, 0.4) is 0 Å². The minimum absolute atomic E-state index is 0.0937. The van der Waals surface area contributed by atoms with E-state index in [4.69, 9.17) is 21.7 Å². The lowest BCUT2D eigenvalue weighted by Crippen LogP contribution is -2.60. The van der Waals surface area contributed by atoms with Crippen LogP contribution in [-0.4, -0.2) is 60.1 Å². The van der Waals surface area contributed by atoms with Crippen LogP contribution < -0.4 is 15.4 Å². The fourth-order valence-corrected chi connectivity index (χ4v) is 5.58. The molecule has 1 atom stereocenters. The number of unbranched alkanes of at least 4 members (excludes halogenated alkanes) is 12. The number of ether oxygens (including phenoxy) is 2. The number of nitrogens with one attached hydrogen (secondary N) is 2. The van der Waals surface area contributed by atoms with E-state index in [0.717, 1.165) is 49.4 Å². The number of thiocarbonyl (C=S) groups is 1. The van der Waals surface area contributed by atoms with Gasteiger partial charge in [0.15, 0.2) is 5.11 Å². The molecule has 1 aromatic carbocycles. The van der Waals surface area contributed by atoms with E-state index >= 15 is 0 Å². The van der Waals surface area contributed by atoms with Gasteiger partial charge < -0.3 is 19.7 Å². The first kappa shape index (κ1) is 36.0. The van der Waals surface area contributed by atoms with Crippen molar-refractivity contribution in [3.8, 4) is 5.75 Å². The number of hydrogen-bond donors (Lipinski definition) is 2. The highest BCUT2D eigenvalue weighted by Gasteiger charge is 2.34. The van der Waals surface area contributed by atoms with Crippen LogP contribution >= 0.6 is 28.1 Å². The predicted octanol–water partition coefficient (Wildman–Crippen LogP) is 7.08. The molecule has 2 amide bonds. The molecular weight excluding hydrogens is 618 g/mol. The van der Waals surface area contributed by atoms with Crippen LogP contribution in [-0.2, 0) is 14.3 Å². The molecular formula is C32H50BrN3O5S. The van der Waals surface area contributed by atoms with Crippen molar-refractivity contribution in [1.29, 1.82) is 0 Å². The second-order valence-corrected chi connectivity index (χ2v) is 12.2. The monoisotopic (exact) mass is 667 g/mol. The molecule has 236 valence electrons. The van der Waals surface area contributed by atoms with Gasteiger partial charge in [-0.1, -0.05) is 107 Å². The number of carbonyl (C=O) groups is 3. The Hall–Kier alpha value is -2.20. The lowest BCUT2D eigenvalue weighted by molar-refractivity contribution is -0.147. The molecule has 10 heteroatoms. The molecule has 1 saturated heterocycles. The van der Waals surface area contributed by atoms with Crippen LogP contribution in [0.15, 0.2) is 22.7 Å². The van der Waals surface area contributed by atoms with E-state index in [1.54, 1.807) is 17.0 Å². The summed E-state index contributed by atoms with van der Waals surface area (Å²) in [6.07, 6.45) is 16.1. The normalized spacial score (nSPS) is 14.8. The first-order valence-electron chi connectivity index (χ1n) is 15.8. The van der Waals surface area contributed by atoms with E-state index in [9.17, 15) is 14.4 Å². The third-order valence-electron chi connectivity index (χ3n) is 7.37. The summed E-state index contributed by atoms with van der Waals surface area (Å²) in [4.78, 5) is 40.1. The fraction of sp³-hybridized carbons (Fsp3) is 0.688. The number of rotatable bonds is 20. The van der Waals surface area contributed by atoms with Crippen molar-refractivity contribution in [3.05, 3.63) is 28.2 Å². The number of carbonyl (C=O) groups excluding carboxylic acids is 3. The average Bonchev–Trinajstić information content (AvgIpc) is 2.97. The van der Waals surface area contributed by atoms with E-state index in [1.807, 2.05) is 6.07 Å². The van der Waals surface area contributed by atoms with Gasteiger partial charge in [0.05, 0.1) is 25.2 Å². The Morgan fingerprint density at radius 3 is 2.21 bits per heavy atom. The Morgan fingerprint density at radius 1 is 0.952 bits per heavy atom. The largest absolute Gasteiger partial charge is 0.493 e. The summed E-state index contributed by atoms with van der Waals surface area (Å²) in [5.41, 5.74) is 0.344. The number of nitrogens with zero attached hydrogens (tertiary/aromatic N) is 1. The summed E-state index contributed by atoms with van der Waals surface area (Å²) in [5.74, 6) is -0.721. The molecule has 0 spiro atoms. The number of benzene rings is 1. The highest BCUT2D eigenvalue weighted by Crippen LogP contribution is 2.24. The molecule has 1 heterocycles. The van der Waals surface area contributed by atoms with Crippen molar-refractivity contribution >= 4 is 51.0 Å². The number of halogens is 1. The van der Waals surface area contributed by atoms with Crippen molar-refractivity contribution in [2.45, 2.75) is 116 Å². The summed E-state index contributed by atoms with van der Waals surface area (Å²) in [7, 11) is 0. The third-order valence-corrected chi connectivity index (χ3v) is 8.20. The van der Waals surface area contributed by atoms with Crippen LogP contribution in [0.2, 0.25) is 0 Å². The third kappa shape index (κ3) is 13.8. The van der Waals surface area contributed by atoms with Crippen LogP contribution in [0.4, 0.5) is 0 Å². The summed E-state index contributed by atoms with van der Waals surface area (Å²) >= 11 is 8.96. The van der Waals surface area contributed by atoms with Crippen LogP contribution in [0.25, 0.3) is 0 Å². The Balaban J connectivity index is 1.82. The van der Waals surface area contributed by atoms with Gasteiger partial charge in [-0.3, -0.25) is 19.7 Å². The van der Waals surface area contributed by atoms with Gasteiger partial charge >= 0.3 is 5.97 Å². The molecule has 2 N–H and O–H groups in total. The molecule has 0 aromatic heterocycles. The number of hydrogen-bond acceptors (Lipinski definition) is 6. The van der Waals surface area contributed by atoms with Gasteiger partial charge in [-0.25, -0.2) is 0 Å².